The lowest BCUT2D eigenvalue weighted by molar-refractivity contribution is 0.0697. The first-order chi connectivity index (χ1) is 14.0. The average molecular weight is 389 g/mol. The zero-order chi connectivity index (χ0) is 20.6. The number of carboxylic acid groups (broad SMARTS) is 1. The molecular formula is C25H27NO3. The molecule has 0 fully saturated rings. The molecule has 3 aromatic carbocycles. The van der Waals surface area contributed by atoms with Crippen molar-refractivity contribution in [2.75, 3.05) is 13.7 Å². The van der Waals surface area contributed by atoms with Gasteiger partial charge in [0.1, 0.15) is 5.75 Å². The highest BCUT2D eigenvalue weighted by molar-refractivity contribution is 5.87. The molecule has 0 bridgehead atoms. The summed E-state index contributed by atoms with van der Waals surface area (Å²) in [4.78, 5) is 13.2. The molecule has 0 aliphatic heterocycles. The number of benzene rings is 3. The third kappa shape index (κ3) is 6.19. The van der Waals surface area contributed by atoms with Crippen molar-refractivity contribution in [3.8, 4) is 5.75 Å². The summed E-state index contributed by atoms with van der Waals surface area (Å²) in [5, 5.41) is 9.00. The number of nitrogens with zero attached hydrogens (tertiary/aromatic N) is 1. The van der Waals surface area contributed by atoms with Crippen LogP contribution in [-0.4, -0.2) is 29.6 Å². The van der Waals surface area contributed by atoms with Crippen molar-refractivity contribution >= 4 is 5.97 Å². The maximum atomic E-state index is 11.0. The van der Waals surface area contributed by atoms with Crippen LogP contribution < -0.4 is 4.74 Å². The monoisotopic (exact) mass is 389 g/mol. The Morgan fingerprint density at radius 1 is 0.931 bits per heavy atom. The Kier molecular flexibility index (Phi) is 7.04. The number of rotatable bonds is 9. The molecule has 3 rings (SSSR count). The van der Waals surface area contributed by atoms with Crippen molar-refractivity contribution in [2.24, 2.45) is 0 Å². The van der Waals surface area contributed by atoms with Crippen LogP contribution in [0.25, 0.3) is 0 Å². The molecule has 0 atom stereocenters. The maximum Gasteiger partial charge on any atom is 0.335 e. The summed E-state index contributed by atoms with van der Waals surface area (Å²) in [5.74, 6) is 0.000648. The van der Waals surface area contributed by atoms with Crippen LogP contribution in [0.2, 0.25) is 0 Å². The molecule has 0 aromatic heterocycles. The van der Waals surface area contributed by atoms with Crippen LogP contribution in [0, 0.1) is 6.92 Å². The summed E-state index contributed by atoms with van der Waals surface area (Å²) >= 11 is 0. The predicted molar refractivity (Wildman–Crippen MR) is 115 cm³/mol. The van der Waals surface area contributed by atoms with E-state index in [4.69, 9.17) is 9.84 Å². The van der Waals surface area contributed by atoms with Gasteiger partial charge in [-0.1, -0.05) is 48.5 Å². The lowest BCUT2D eigenvalue weighted by atomic mass is 10.1. The zero-order valence-electron chi connectivity index (χ0n) is 17.0. The number of aromatic carboxylic acids is 1. The molecule has 0 amide bonds. The van der Waals surface area contributed by atoms with E-state index in [0.717, 1.165) is 30.8 Å². The Bertz CT molecular complexity index is 936. The van der Waals surface area contributed by atoms with Crippen molar-refractivity contribution in [3.05, 3.63) is 101 Å². The Morgan fingerprint density at radius 2 is 1.66 bits per heavy atom. The van der Waals surface area contributed by atoms with Gasteiger partial charge in [-0.05, 0) is 60.5 Å². The van der Waals surface area contributed by atoms with Crippen molar-refractivity contribution in [1.82, 2.24) is 4.90 Å². The van der Waals surface area contributed by atoms with Gasteiger partial charge in [-0.25, -0.2) is 4.79 Å². The fraction of sp³-hybridized carbons (Fsp3) is 0.240. The van der Waals surface area contributed by atoms with Gasteiger partial charge in [0.25, 0.3) is 0 Å². The molecule has 0 radical (unpaired) electrons. The fourth-order valence-corrected chi connectivity index (χ4v) is 3.28. The molecule has 4 nitrogen and oxygen atoms in total. The second-order valence-electron chi connectivity index (χ2n) is 7.35. The van der Waals surface area contributed by atoms with E-state index < -0.39 is 5.97 Å². The number of ether oxygens (including phenoxy) is 1. The van der Waals surface area contributed by atoms with E-state index in [9.17, 15) is 4.79 Å². The normalized spacial score (nSPS) is 10.9. The second-order valence-corrected chi connectivity index (χ2v) is 7.35. The summed E-state index contributed by atoms with van der Waals surface area (Å²) in [5.41, 5.74) is 5.14. The standard InChI is InChI=1S/C25H27NO3/c1-19-16-24(29-15-14-20-6-4-3-5-7-20)13-12-23(19)18-26(2)17-21-8-10-22(11-9-21)25(27)28/h3-13,16H,14-15,17-18H2,1-2H3,(H,27,28). The van der Waals surface area contributed by atoms with E-state index in [1.807, 2.05) is 36.4 Å². The van der Waals surface area contributed by atoms with Crippen LogP contribution >= 0.6 is 0 Å². The molecule has 1 N–H and O–H groups in total. The minimum atomic E-state index is -0.897. The molecule has 29 heavy (non-hydrogen) atoms. The lowest BCUT2D eigenvalue weighted by Gasteiger charge is -2.19. The molecule has 0 aliphatic rings. The van der Waals surface area contributed by atoms with Gasteiger partial charge < -0.3 is 9.84 Å². The van der Waals surface area contributed by atoms with Gasteiger partial charge in [0.2, 0.25) is 0 Å². The smallest absolute Gasteiger partial charge is 0.335 e. The van der Waals surface area contributed by atoms with E-state index in [2.05, 4.69) is 43.1 Å². The van der Waals surface area contributed by atoms with E-state index in [1.165, 1.54) is 16.7 Å². The third-order valence-corrected chi connectivity index (χ3v) is 4.91. The topological polar surface area (TPSA) is 49.8 Å². The van der Waals surface area contributed by atoms with Crippen LogP contribution in [0.5, 0.6) is 5.75 Å². The average Bonchev–Trinajstić information content (AvgIpc) is 2.71. The molecule has 0 heterocycles. The number of aryl methyl sites for hydroxylation is 1. The highest BCUT2D eigenvalue weighted by Crippen LogP contribution is 2.19. The predicted octanol–water partition coefficient (Wildman–Crippen LogP) is 4.95. The van der Waals surface area contributed by atoms with Crippen LogP contribution in [0.1, 0.15) is 32.6 Å². The molecule has 0 aliphatic carbocycles. The summed E-state index contributed by atoms with van der Waals surface area (Å²) in [6.07, 6.45) is 0.894. The van der Waals surface area contributed by atoms with Crippen molar-refractivity contribution in [2.45, 2.75) is 26.4 Å². The van der Waals surface area contributed by atoms with Gasteiger partial charge in [-0.3, -0.25) is 4.90 Å². The first kappa shape index (κ1) is 20.6. The lowest BCUT2D eigenvalue weighted by Crippen LogP contribution is -2.18. The Labute approximate surface area is 172 Å². The quantitative estimate of drug-likeness (QED) is 0.563. The highest BCUT2D eigenvalue weighted by atomic mass is 16.5. The zero-order valence-corrected chi connectivity index (χ0v) is 17.0. The number of carbonyl (C=O) groups is 1. The van der Waals surface area contributed by atoms with Gasteiger partial charge >= 0.3 is 5.97 Å². The molecule has 4 heteroatoms. The van der Waals surface area contributed by atoms with Crippen molar-refractivity contribution in [3.63, 3.8) is 0 Å². The number of hydrogen-bond donors (Lipinski definition) is 1. The van der Waals surface area contributed by atoms with Crippen LogP contribution in [-0.2, 0) is 19.5 Å². The minimum absolute atomic E-state index is 0.315. The molecule has 0 saturated carbocycles. The highest BCUT2D eigenvalue weighted by Gasteiger charge is 2.07. The molecule has 0 unspecified atom stereocenters. The summed E-state index contributed by atoms with van der Waals surface area (Å²) in [6.45, 7) is 4.34. The van der Waals surface area contributed by atoms with Gasteiger partial charge in [0, 0.05) is 19.5 Å². The van der Waals surface area contributed by atoms with Crippen LogP contribution in [0.4, 0.5) is 0 Å². The summed E-state index contributed by atoms with van der Waals surface area (Å²) in [6, 6.07) is 23.6. The van der Waals surface area contributed by atoms with E-state index in [1.54, 1.807) is 12.1 Å². The third-order valence-electron chi connectivity index (χ3n) is 4.91. The first-order valence-electron chi connectivity index (χ1n) is 9.78. The maximum absolute atomic E-state index is 11.0. The van der Waals surface area contributed by atoms with Gasteiger partial charge in [-0.15, -0.1) is 0 Å². The van der Waals surface area contributed by atoms with E-state index in [0.29, 0.717) is 12.2 Å². The summed E-state index contributed by atoms with van der Waals surface area (Å²) in [7, 11) is 2.06. The molecular weight excluding hydrogens is 362 g/mol. The first-order valence-corrected chi connectivity index (χ1v) is 9.78. The Balaban J connectivity index is 1.52. The summed E-state index contributed by atoms with van der Waals surface area (Å²) < 4.78 is 5.92. The van der Waals surface area contributed by atoms with Gasteiger partial charge in [0.05, 0.1) is 12.2 Å². The molecule has 0 spiro atoms. The van der Waals surface area contributed by atoms with Crippen molar-refractivity contribution < 1.29 is 14.6 Å². The minimum Gasteiger partial charge on any atom is -0.493 e. The van der Waals surface area contributed by atoms with E-state index >= 15 is 0 Å². The second kappa shape index (κ2) is 9.89. The molecule has 3 aromatic rings. The van der Waals surface area contributed by atoms with Crippen molar-refractivity contribution in [1.29, 1.82) is 0 Å². The molecule has 0 saturated heterocycles. The molecule has 150 valence electrons. The Morgan fingerprint density at radius 3 is 2.31 bits per heavy atom. The number of hydrogen-bond acceptors (Lipinski definition) is 3. The van der Waals surface area contributed by atoms with Gasteiger partial charge in [0.15, 0.2) is 0 Å². The Hall–Kier alpha value is -3.11. The SMILES string of the molecule is Cc1cc(OCCc2ccccc2)ccc1CN(C)Cc1ccc(C(=O)O)cc1. The number of carboxylic acids is 1. The van der Waals surface area contributed by atoms with Crippen LogP contribution in [0.15, 0.2) is 72.8 Å². The fourth-order valence-electron chi connectivity index (χ4n) is 3.28. The van der Waals surface area contributed by atoms with Gasteiger partial charge in [-0.2, -0.15) is 0 Å². The van der Waals surface area contributed by atoms with E-state index in [-0.39, 0.29) is 0 Å². The van der Waals surface area contributed by atoms with Crippen LogP contribution in [0.3, 0.4) is 0 Å². The largest absolute Gasteiger partial charge is 0.493 e.